The predicted octanol–water partition coefficient (Wildman–Crippen LogP) is 7.14. The average Bonchev–Trinajstić information content (AvgIpc) is 3.39. The molecule has 8 heteroatoms. The number of aromatic nitrogens is 5. The Hall–Kier alpha value is -3.97. The van der Waals surface area contributed by atoms with Crippen molar-refractivity contribution in [1.82, 2.24) is 25.2 Å². The highest BCUT2D eigenvalue weighted by molar-refractivity contribution is 6.31. The second kappa shape index (κ2) is 10.2. The van der Waals surface area contributed by atoms with Crippen LogP contribution < -0.4 is 10.6 Å². The van der Waals surface area contributed by atoms with E-state index in [1.54, 1.807) is 6.20 Å². The lowest BCUT2D eigenvalue weighted by atomic mass is 10.0. The zero-order valence-corrected chi connectivity index (χ0v) is 22.2. The molecule has 0 aliphatic rings. The fourth-order valence-electron chi connectivity index (χ4n) is 4.30. The Bertz CT molecular complexity index is 1500. The van der Waals surface area contributed by atoms with E-state index in [0.29, 0.717) is 5.02 Å². The summed E-state index contributed by atoms with van der Waals surface area (Å²) >= 11 is 6.14. The van der Waals surface area contributed by atoms with Gasteiger partial charge in [0.25, 0.3) is 0 Å². The molecular formula is C29H30ClN7. The Morgan fingerprint density at radius 3 is 2.35 bits per heavy atom. The molecule has 0 saturated carbocycles. The topological polar surface area (TPSA) is 80.6 Å². The van der Waals surface area contributed by atoms with E-state index in [9.17, 15) is 0 Å². The van der Waals surface area contributed by atoms with E-state index in [1.807, 2.05) is 28.9 Å². The minimum Gasteiger partial charge on any atom is -0.371 e. The van der Waals surface area contributed by atoms with Gasteiger partial charge in [-0.15, -0.1) is 5.10 Å². The first-order valence-corrected chi connectivity index (χ1v) is 12.7. The Morgan fingerprint density at radius 1 is 0.919 bits per heavy atom. The molecule has 2 N–H and O–H groups in total. The van der Waals surface area contributed by atoms with Crippen molar-refractivity contribution in [2.45, 2.75) is 45.7 Å². The van der Waals surface area contributed by atoms with Gasteiger partial charge in [-0.05, 0) is 97.3 Å². The number of pyridine rings is 1. The lowest BCUT2D eigenvalue weighted by Gasteiger charge is -2.25. The highest BCUT2D eigenvalue weighted by Gasteiger charge is 2.27. The van der Waals surface area contributed by atoms with E-state index in [4.69, 9.17) is 11.6 Å². The third-order valence-corrected chi connectivity index (χ3v) is 6.52. The first kappa shape index (κ1) is 24.7. The van der Waals surface area contributed by atoms with Gasteiger partial charge in [0.2, 0.25) is 0 Å². The summed E-state index contributed by atoms with van der Waals surface area (Å²) in [7, 11) is 0. The second-order valence-corrected chi connectivity index (χ2v) is 10.5. The molecular weight excluding hydrogens is 482 g/mol. The van der Waals surface area contributed by atoms with Crippen LogP contribution in [0, 0.1) is 0 Å². The zero-order chi connectivity index (χ0) is 26.0. The molecule has 2 aromatic heterocycles. The van der Waals surface area contributed by atoms with Crippen molar-refractivity contribution in [3.8, 4) is 0 Å². The van der Waals surface area contributed by atoms with Gasteiger partial charge in [-0.1, -0.05) is 42.8 Å². The standard InChI is InChI=1S/C29H30ClN7/c1-5-19-6-8-20(9-7-19)27(28-34-35-36-37(28)29(2,3)4)33-23-13-11-22(12-14-23)32-25-16-17-31-26-18-21(30)10-15-24(25)26/h6-18,27,33H,5H2,1-4H3,(H,31,32). The summed E-state index contributed by atoms with van der Waals surface area (Å²) in [6.07, 6.45) is 2.77. The molecule has 0 bridgehead atoms. The highest BCUT2D eigenvalue weighted by atomic mass is 35.5. The molecule has 3 aromatic carbocycles. The molecule has 0 amide bonds. The van der Waals surface area contributed by atoms with Gasteiger partial charge >= 0.3 is 0 Å². The van der Waals surface area contributed by atoms with Crippen LogP contribution in [-0.4, -0.2) is 25.2 Å². The maximum absolute atomic E-state index is 6.14. The maximum Gasteiger partial charge on any atom is 0.178 e. The summed E-state index contributed by atoms with van der Waals surface area (Å²) in [5, 5.41) is 21.6. The minimum absolute atomic E-state index is 0.215. The van der Waals surface area contributed by atoms with Gasteiger partial charge in [-0.3, -0.25) is 4.98 Å². The van der Waals surface area contributed by atoms with E-state index in [-0.39, 0.29) is 11.6 Å². The Labute approximate surface area is 221 Å². The predicted molar refractivity (Wildman–Crippen MR) is 151 cm³/mol. The van der Waals surface area contributed by atoms with Crippen molar-refractivity contribution in [3.63, 3.8) is 0 Å². The number of anilines is 3. The molecule has 0 fully saturated rings. The van der Waals surface area contributed by atoms with Crippen LogP contribution in [0.1, 0.15) is 50.7 Å². The number of fused-ring (bicyclic) bond motifs is 1. The Kier molecular flexibility index (Phi) is 6.80. The summed E-state index contributed by atoms with van der Waals surface area (Å²) in [4.78, 5) is 4.43. The lowest BCUT2D eigenvalue weighted by Crippen LogP contribution is -2.29. The van der Waals surface area contributed by atoms with Crippen molar-refractivity contribution in [2.24, 2.45) is 0 Å². The molecule has 0 aliphatic heterocycles. The van der Waals surface area contributed by atoms with Crippen molar-refractivity contribution in [2.75, 3.05) is 10.6 Å². The summed E-state index contributed by atoms with van der Waals surface area (Å²) < 4.78 is 1.88. The fourth-order valence-corrected chi connectivity index (χ4v) is 4.46. The highest BCUT2D eigenvalue weighted by Crippen LogP contribution is 2.31. The molecule has 188 valence electrons. The van der Waals surface area contributed by atoms with Crippen LogP contribution in [0.2, 0.25) is 5.02 Å². The summed E-state index contributed by atoms with van der Waals surface area (Å²) in [5.41, 5.74) is 5.89. The Balaban J connectivity index is 1.43. The minimum atomic E-state index is -0.257. The van der Waals surface area contributed by atoms with Crippen molar-refractivity contribution in [3.05, 3.63) is 101 Å². The smallest absolute Gasteiger partial charge is 0.178 e. The van der Waals surface area contributed by atoms with Crippen LogP contribution in [0.25, 0.3) is 10.9 Å². The van der Waals surface area contributed by atoms with Gasteiger partial charge in [0, 0.05) is 33.7 Å². The number of tetrazole rings is 1. The van der Waals surface area contributed by atoms with Crippen LogP contribution >= 0.6 is 11.6 Å². The van der Waals surface area contributed by atoms with E-state index in [2.05, 4.69) is 107 Å². The molecule has 2 heterocycles. The fraction of sp³-hybridized carbons (Fsp3) is 0.241. The molecule has 5 rings (SSSR count). The number of benzene rings is 3. The summed E-state index contributed by atoms with van der Waals surface area (Å²) in [6, 6.07) is 24.3. The van der Waals surface area contributed by atoms with Crippen LogP contribution in [0.3, 0.4) is 0 Å². The summed E-state index contributed by atoms with van der Waals surface area (Å²) in [5.74, 6) is 0.765. The Morgan fingerprint density at radius 2 is 1.65 bits per heavy atom. The number of hydrogen-bond donors (Lipinski definition) is 2. The van der Waals surface area contributed by atoms with Gasteiger partial charge in [0.15, 0.2) is 5.82 Å². The second-order valence-electron chi connectivity index (χ2n) is 10.0. The molecule has 7 nitrogen and oxygen atoms in total. The largest absolute Gasteiger partial charge is 0.371 e. The zero-order valence-electron chi connectivity index (χ0n) is 21.4. The van der Waals surface area contributed by atoms with Crippen molar-refractivity contribution < 1.29 is 0 Å². The van der Waals surface area contributed by atoms with E-state index < -0.39 is 0 Å². The molecule has 5 aromatic rings. The third kappa shape index (κ3) is 5.42. The first-order valence-electron chi connectivity index (χ1n) is 12.4. The van der Waals surface area contributed by atoms with E-state index in [1.165, 1.54) is 5.56 Å². The molecule has 37 heavy (non-hydrogen) atoms. The van der Waals surface area contributed by atoms with Gasteiger partial charge in [-0.2, -0.15) is 0 Å². The number of nitrogens with one attached hydrogen (secondary N) is 2. The van der Waals surface area contributed by atoms with E-state index >= 15 is 0 Å². The average molecular weight is 512 g/mol. The molecule has 0 aliphatic carbocycles. The summed E-state index contributed by atoms with van der Waals surface area (Å²) in [6.45, 7) is 8.45. The van der Waals surface area contributed by atoms with Crippen LogP contribution in [0.4, 0.5) is 17.1 Å². The lowest BCUT2D eigenvalue weighted by molar-refractivity contribution is 0.333. The van der Waals surface area contributed by atoms with Gasteiger partial charge in [0.1, 0.15) is 6.04 Å². The van der Waals surface area contributed by atoms with E-state index in [0.717, 1.165) is 45.8 Å². The van der Waals surface area contributed by atoms with Crippen LogP contribution in [0.5, 0.6) is 0 Å². The molecule has 1 unspecified atom stereocenters. The number of hydrogen-bond acceptors (Lipinski definition) is 6. The van der Waals surface area contributed by atoms with Crippen LogP contribution in [0.15, 0.2) is 79.0 Å². The molecule has 0 spiro atoms. The normalized spacial score (nSPS) is 12.5. The number of nitrogens with zero attached hydrogens (tertiary/aromatic N) is 5. The number of aryl methyl sites for hydroxylation is 1. The number of rotatable bonds is 7. The monoisotopic (exact) mass is 511 g/mol. The third-order valence-electron chi connectivity index (χ3n) is 6.29. The first-order chi connectivity index (χ1) is 17.8. The maximum atomic E-state index is 6.14. The van der Waals surface area contributed by atoms with Crippen LogP contribution in [-0.2, 0) is 12.0 Å². The quantitative estimate of drug-likeness (QED) is 0.242. The van der Waals surface area contributed by atoms with Gasteiger partial charge < -0.3 is 10.6 Å². The molecule has 1 atom stereocenters. The molecule has 0 radical (unpaired) electrons. The van der Waals surface area contributed by atoms with Gasteiger partial charge in [0.05, 0.1) is 11.1 Å². The molecule has 0 saturated heterocycles. The van der Waals surface area contributed by atoms with Crippen molar-refractivity contribution >= 4 is 39.6 Å². The van der Waals surface area contributed by atoms with Crippen molar-refractivity contribution in [1.29, 1.82) is 0 Å². The van der Waals surface area contributed by atoms with Gasteiger partial charge in [-0.25, -0.2) is 4.68 Å². The SMILES string of the molecule is CCc1ccc(C(Nc2ccc(Nc3ccnc4cc(Cl)ccc34)cc2)c2nnnn2C(C)(C)C)cc1. The number of halogens is 1.